The van der Waals surface area contributed by atoms with Gasteiger partial charge in [0, 0.05) is 4.47 Å². The van der Waals surface area contributed by atoms with Gasteiger partial charge in [-0.25, -0.2) is 0 Å². The van der Waals surface area contributed by atoms with Gasteiger partial charge in [0.1, 0.15) is 12.4 Å². The second-order valence-electron chi connectivity index (χ2n) is 4.79. The Morgan fingerprint density at radius 1 is 1.15 bits per heavy atom. The third kappa shape index (κ3) is 2.70. The molecule has 0 aromatic heterocycles. The molecule has 1 N–H and O–H groups in total. The van der Waals surface area contributed by atoms with Crippen molar-refractivity contribution < 1.29 is 9.53 Å². The smallest absolute Gasteiger partial charge is 0.231 e. The Bertz CT molecular complexity index is 642. The maximum absolute atomic E-state index is 12.3. The number of hydrogen-bond donors (Lipinski definition) is 1. The summed E-state index contributed by atoms with van der Waals surface area (Å²) >= 11 is 3.43. The van der Waals surface area contributed by atoms with Crippen LogP contribution in [0.5, 0.6) is 5.75 Å². The van der Waals surface area contributed by atoms with E-state index in [1.165, 1.54) is 0 Å². The number of benzene rings is 2. The fraction of sp³-hybridized carbons (Fsp3) is 0.188. The van der Waals surface area contributed by atoms with Crippen molar-refractivity contribution in [2.45, 2.75) is 6.42 Å². The molecule has 1 unspecified atom stereocenters. The lowest BCUT2D eigenvalue weighted by molar-refractivity contribution is -0.121. The number of hydrogen-bond acceptors (Lipinski definition) is 2. The molecule has 1 amide bonds. The number of fused-ring (bicyclic) bond motifs is 1. The molecule has 4 heteroatoms. The van der Waals surface area contributed by atoms with Gasteiger partial charge in [-0.3, -0.25) is 4.79 Å². The van der Waals surface area contributed by atoms with E-state index in [2.05, 4.69) is 21.2 Å². The molecular formula is C16H14BrNO2. The van der Waals surface area contributed by atoms with Crippen LogP contribution in [0, 0.1) is 5.92 Å². The van der Waals surface area contributed by atoms with Gasteiger partial charge in [-0.1, -0.05) is 30.3 Å². The second kappa shape index (κ2) is 5.67. The van der Waals surface area contributed by atoms with Crippen molar-refractivity contribution in [3.05, 3.63) is 58.6 Å². The molecule has 0 saturated carbocycles. The summed E-state index contributed by atoms with van der Waals surface area (Å²) in [5.41, 5.74) is 1.88. The van der Waals surface area contributed by atoms with Crippen LogP contribution in [-0.2, 0) is 11.2 Å². The van der Waals surface area contributed by atoms with E-state index in [-0.39, 0.29) is 11.8 Å². The minimum Gasteiger partial charge on any atom is -0.492 e. The molecule has 1 atom stereocenters. The number of anilines is 1. The van der Waals surface area contributed by atoms with Gasteiger partial charge in [0.15, 0.2) is 0 Å². The van der Waals surface area contributed by atoms with Crippen molar-refractivity contribution >= 4 is 27.5 Å². The summed E-state index contributed by atoms with van der Waals surface area (Å²) in [5.74, 6) is 0.723. The molecule has 0 radical (unpaired) electrons. The van der Waals surface area contributed by atoms with Crippen LogP contribution in [0.1, 0.15) is 5.56 Å². The first-order valence-corrected chi connectivity index (χ1v) is 7.29. The highest BCUT2D eigenvalue weighted by molar-refractivity contribution is 9.10. The van der Waals surface area contributed by atoms with Gasteiger partial charge in [-0.05, 0) is 46.1 Å². The Balaban J connectivity index is 1.72. The second-order valence-corrected chi connectivity index (χ2v) is 5.64. The normalized spacial score (nSPS) is 16.9. The zero-order chi connectivity index (χ0) is 13.9. The molecule has 1 aliphatic heterocycles. The van der Waals surface area contributed by atoms with E-state index < -0.39 is 0 Å². The van der Waals surface area contributed by atoms with E-state index in [9.17, 15) is 4.79 Å². The highest BCUT2D eigenvalue weighted by atomic mass is 79.9. The molecule has 2 aromatic rings. The molecule has 102 valence electrons. The number of nitrogens with one attached hydrogen (secondary N) is 1. The van der Waals surface area contributed by atoms with Crippen LogP contribution in [-0.4, -0.2) is 12.5 Å². The fourth-order valence-electron chi connectivity index (χ4n) is 2.29. The summed E-state index contributed by atoms with van der Waals surface area (Å²) in [4.78, 5) is 12.3. The first kappa shape index (κ1) is 13.2. The topological polar surface area (TPSA) is 38.3 Å². The van der Waals surface area contributed by atoms with Gasteiger partial charge in [0.05, 0.1) is 11.6 Å². The third-order valence-electron chi connectivity index (χ3n) is 3.38. The zero-order valence-electron chi connectivity index (χ0n) is 10.8. The summed E-state index contributed by atoms with van der Waals surface area (Å²) in [6.45, 7) is 0.424. The molecule has 0 aliphatic carbocycles. The lowest BCUT2D eigenvalue weighted by Gasteiger charge is -2.24. The Hall–Kier alpha value is -1.81. The molecule has 3 rings (SSSR count). The minimum absolute atomic E-state index is 0.00796. The first-order valence-electron chi connectivity index (χ1n) is 6.50. The maximum atomic E-state index is 12.3. The number of carbonyl (C=O) groups excluding carboxylic acids is 1. The quantitative estimate of drug-likeness (QED) is 0.912. The van der Waals surface area contributed by atoms with Crippen molar-refractivity contribution in [3.63, 3.8) is 0 Å². The monoisotopic (exact) mass is 331 g/mol. The number of carbonyl (C=O) groups is 1. The van der Waals surface area contributed by atoms with E-state index in [0.29, 0.717) is 13.0 Å². The summed E-state index contributed by atoms with van der Waals surface area (Å²) in [7, 11) is 0. The van der Waals surface area contributed by atoms with Crippen molar-refractivity contribution in [1.82, 2.24) is 0 Å². The highest BCUT2D eigenvalue weighted by Gasteiger charge is 2.26. The average Bonchev–Trinajstić information content (AvgIpc) is 2.49. The molecule has 0 bridgehead atoms. The number of amides is 1. The van der Waals surface area contributed by atoms with Crippen LogP contribution in [0.4, 0.5) is 5.69 Å². The predicted molar refractivity (Wildman–Crippen MR) is 81.9 cm³/mol. The van der Waals surface area contributed by atoms with E-state index in [1.807, 2.05) is 48.5 Å². The zero-order valence-corrected chi connectivity index (χ0v) is 12.4. The van der Waals surface area contributed by atoms with Crippen LogP contribution >= 0.6 is 15.9 Å². The molecule has 1 aliphatic rings. The van der Waals surface area contributed by atoms with Crippen LogP contribution in [0.3, 0.4) is 0 Å². The highest BCUT2D eigenvalue weighted by Crippen LogP contribution is 2.28. The Morgan fingerprint density at radius 3 is 2.75 bits per heavy atom. The summed E-state index contributed by atoms with van der Waals surface area (Å²) < 4.78 is 6.53. The Morgan fingerprint density at radius 2 is 1.90 bits per heavy atom. The SMILES string of the molecule is O=C(Nc1ccccc1Br)C1COc2ccccc2C1. The maximum Gasteiger partial charge on any atom is 0.231 e. The number of halogens is 1. The molecule has 0 saturated heterocycles. The third-order valence-corrected chi connectivity index (χ3v) is 4.07. The molecule has 0 spiro atoms. The van der Waals surface area contributed by atoms with E-state index in [0.717, 1.165) is 21.5 Å². The summed E-state index contributed by atoms with van der Waals surface area (Å²) in [5, 5.41) is 2.94. The van der Waals surface area contributed by atoms with Crippen LogP contribution < -0.4 is 10.1 Å². The first-order chi connectivity index (χ1) is 9.74. The molecule has 2 aromatic carbocycles. The fourth-order valence-corrected chi connectivity index (χ4v) is 2.68. The van der Waals surface area contributed by atoms with Gasteiger partial charge in [-0.15, -0.1) is 0 Å². The van der Waals surface area contributed by atoms with Gasteiger partial charge in [0.25, 0.3) is 0 Å². The van der Waals surface area contributed by atoms with Crippen LogP contribution in [0.15, 0.2) is 53.0 Å². The van der Waals surface area contributed by atoms with E-state index in [4.69, 9.17) is 4.74 Å². The summed E-state index contributed by atoms with van der Waals surface area (Å²) in [6, 6.07) is 15.5. The van der Waals surface area contributed by atoms with Crippen LogP contribution in [0.25, 0.3) is 0 Å². The van der Waals surface area contributed by atoms with Gasteiger partial charge >= 0.3 is 0 Å². The Kier molecular flexibility index (Phi) is 3.74. The molecule has 1 heterocycles. The number of para-hydroxylation sites is 2. The lowest BCUT2D eigenvalue weighted by atomic mass is 9.96. The number of ether oxygens (including phenoxy) is 1. The summed E-state index contributed by atoms with van der Waals surface area (Å²) in [6.07, 6.45) is 0.715. The van der Waals surface area contributed by atoms with Gasteiger partial charge in [-0.2, -0.15) is 0 Å². The number of rotatable bonds is 2. The van der Waals surface area contributed by atoms with Crippen molar-refractivity contribution in [3.8, 4) is 5.75 Å². The molecular weight excluding hydrogens is 318 g/mol. The van der Waals surface area contributed by atoms with Gasteiger partial charge in [0.2, 0.25) is 5.91 Å². The average molecular weight is 332 g/mol. The van der Waals surface area contributed by atoms with Crippen molar-refractivity contribution in [2.75, 3.05) is 11.9 Å². The van der Waals surface area contributed by atoms with E-state index >= 15 is 0 Å². The lowest BCUT2D eigenvalue weighted by Crippen LogP contribution is -2.32. The predicted octanol–water partition coefficient (Wildman–Crippen LogP) is 3.64. The standard InChI is InChI=1S/C16H14BrNO2/c17-13-6-2-3-7-14(13)18-16(19)12-9-11-5-1-4-8-15(11)20-10-12/h1-8,12H,9-10H2,(H,18,19). The Labute approximate surface area is 126 Å². The van der Waals surface area contributed by atoms with Crippen molar-refractivity contribution in [1.29, 1.82) is 0 Å². The van der Waals surface area contributed by atoms with Crippen molar-refractivity contribution in [2.24, 2.45) is 5.92 Å². The van der Waals surface area contributed by atoms with Crippen LogP contribution in [0.2, 0.25) is 0 Å². The van der Waals surface area contributed by atoms with Gasteiger partial charge < -0.3 is 10.1 Å². The minimum atomic E-state index is -0.156. The van der Waals surface area contributed by atoms with E-state index in [1.54, 1.807) is 0 Å². The molecule has 20 heavy (non-hydrogen) atoms. The molecule has 0 fully saturated rings. The molecule has 3 nitrogen and oxygen atoms in total. The largest absolute Gasteiger partial charge is 0.492 e.